The van der Waals surface area contributed by atoms with E-state index in [2.05, 4.69) is 41.4 Å². The van der Waals surface area contributed by atoms with Crippen molar-refractivity contribution in [1.82, 2.24) is 14.8 Å². The Kier molecular flexibility index (Phi) is 3.57. The third kappa shape index (κ3) is 2.25. The molecule has 0 atom stereocenters. The van der Waals surface area contributed by atoms with Crippen molar-refractivity contribution < 1.29 is 0 Å². The number of aryl methyl sites for hydroxylation is 1. The highest BCUT2D eigenvalue weighted by Gasteiger charge is 2.04. The number of aromatic nitrogens is 3. The summed E-state index contributed by atoms with van der Waals surface area (Å²) in [5.41, 5.74) is 2.41. The van der Waals surface area contributed by atoms with Crippen LogP contribution in [0.25, 0.3) is 5.69 Å². The molecule has 0 unspecified atom stereocenters. The lowest BCUT2D eigenvalue weighted by molar-refractivity contribution is 0.915. The summed E-state index contributed by atoms with van der Waals surface area (Å²) in [6.07, 6.45) is 3.97. The van der Waals surface area contributed by atoms with Gasteiger partial charge in [-0.3, -0.25) is 4.57 Å². The zero-order valence-corrected chi connectivity index (χ0v) is 9.98. The van der Waals surface area contributed by atoms with E-state index in [1.807, 2.05) is 4.57 Å². The van der Waals surface area contributed by atoms with Gasteiger partial charge in [0.1, 0.15) is 6.33 Å². The molecule has 3 nitrogen and oxygen atoms in total. The molecule has 2 rings (SSSR count). The van der Waals surface area contributed by atoms with Crippen LogP contribution < -0.4 is 0 Å². The number of alkyl halides is 1. The van der Waals surface area contributed by atoms with Crippen LogP contribution in [0, 0.1) is 0 Å². The summed E-state index contributed by atoms with van der Waals surface area (Å²) in [4.78, 5) is 0. The number of hydrogen-bond donors (Lipinski definition) is 0. The van der Waals surface area contributed by atoms with Gasteiger partial charge in [-0.15, -0.1) is 21.8 Å². The van der Waals surface area contributed by atoms with Gasteiger partial charge in [-0.1, -0.05) is 25.5 Å². The van der Waals surface area contributed by atoms with Gasteiger partial charge in [0.25, 0.3) is 0 Å². The molecular weight excluding hydrogens is 222 g/mol. The Morgan fingerprint density at radius 2 is 2.00 bits per heavy atom. The zero-order valence-electron chi connectivity index (χ0n) is 9.23. The maximum atomic E-state index is 5.78. The predicted molar refractivity (Wildman–Crippen MR) is 64.9 cm³/mol. The lowest BCUT2D eigenvalue weighted by Crippen LogP contribution is -1.98. The van der Waals surface area contributed by atoms with Gasteiger partial charge in [-0.2, -0.15) is 0 Å². The van der Waals surface area contributed by atoms with Gasteiger partial charge in [-0.25, -0.2) is 0 Å². The standard InChI is InChI=1S/C12H14ClN3/c1-2-3-10-4-6-11(7-5-10)16-9-14-15-12(16)8-13/h4-7,9H,2-3,8H2,1H3. The molecule has 1 aromatic carbocycles. The normalized spacial score (nSPS) is 10.6. The van der Waals surface area contributed by atoms with Gasteiger partial charge in [-0.05, 0) is 24.1 Å². The van der Waals surface area contributed by atoms with E-state index < -0.39 is 0 Å². The summed E-state index contributed by atoms with van der Waals surface area (Å²) >= 11 is 5.78. The topological polar surface area (TPSA) is 30.7 Å². The molecule has 1 aromatic heterocycles. The van der Waals surface area contributed by atoms with E-state index in [1.54, 1.807) is 6.33 Å². The van der Waals surface area contributed by atoms with Crippen LogP contribution in [0.15, 0.2) is 30.6 Å². The molecule has 0 aliphatic carbocycles. The number of benzene rings is 1. The highest BCUT2D eigenvalue weighted by Crippen LogP contribution is 2.13. The number of halogens is 1. The van der Waals surface area contributed by atoms with E-state index in [9.17, 15) is 0 Å². The fourth-order valence-electron chi connectivity index (χ4n) is 1.68. The Labute approximate surface area is 100 Å². The maximum absolute atomic E-state index is 5.78. The highest BCUT2D eigenvalue weighted by atomic mass is 35.5. The maximum Gasteiger partial charge on any atom is 0.152 e. The van der Waals surface area contributed by atoms with E-state index in [4.69, 9.17) is 11.6 Å². The second-order valence-electron chi connectivity index (χ2n) is 3.67. The van der Waals surface area contributed by atoms with Crippen molar-refractivity contribution in [2.75, 3.05) is 0 Å². The quantitative estimate of drug-likeness (QED) is 0.763. The van der Waals surface area contributed by atoms with Crippen molar-refractivity contribution in [3.63, 3.8) is 0 Å². The minimum Gasteiger partial charge on any atom is -0.285 e. The molecule has 4 heteroatoms. The third-order valence-corrected chi connectivity index (χ3v) is 2.73. The van der Waals surface area contributed by atoms with E-state index in [1.165, 1.54) is 12.0 Å². The summed E-state index contributed by atoms with van der Waals surface area (Å²) < 4.78 is 1.91. The summed E-state index contributed by atoms with van der Waals surface area (Å²) in [6.45, 7) is 2.18. The smallest absolute Gasteiger partial charge is 0.152 e. The first-order valence-corrected chi connectivity index (χ1v) is 5.92. The van der Waals surface area contributed by atoms with Crippen molar-refractivity contribution in [1.29, 1.82) is 0 Å². The van der Waals surface area contributed by atoms with Crippen molar-refractivity contribution in [2.24, 2.45) is 0 Å². The molecule has 0 fully saturated rings. The second kappa shape index (κ2) is 5.12. The summed E-state index contributed by atoms with van der Waals surface area (Å²) in [5.74, 6) is 1.14. The third-order valence-electron chi connectivity index (χ3n) is 2.49. The van der Waals surface area contributed by atoms with Crippen LogP contribution in [-0.2, 0) is 12.3 Å². The van der Waals surface area contributed by atoms with Gasteiger partial charge in [0.2, 0.25) is 0 Å². The number of rotatable bonds is 4. The SMILES string of the molecule is CCCc1ccc(-n2cnnc2CCl)cc1. The van der Waals surface area contributed by atoms with Crippen molar-refractivity contribution in [3.8, 4) is 5.69 Å². The largest absolute Gasteiger partial charge is 0.285 e. The van der Waals surface area contributed by atoms with Crippen molar-refractivity contribution in [2.45, 2.75) is 25.6 Å². The van der Waals surface area contributed by atoms with Crippen molar-refractivity contribution in [3.05, 3.63) is 42.0 Å². The molecule has 1 heterocycles. The second-order valence-corrected chi connectivity index (χ2v) is 3.93. The molecule has 16 heavy (non-hydrogen) atoms. The fourth-order valence-corrected chi connectivity index (χ4v) is 1.86. The number of nitrogens with zero attached hydrogens (tertiary/aromatic N) is 3. The van der Waals surface area contributed by atoms with Gasteiger partial charge in [0, 0.05) is 5.69 Å². The Hall–Kier alpha value is -1.35. The Morgan fingerprint density at radius 3 is 2.62 bits per heavy atom. The van der Waals surface area contributed by atoms with E-state index in [-0.39, 0.29) is 0 Å². The van der Waals surface area contributed by atoms with Crippen LogP contribution >= 0.6 is 11.6 Å². The lowest BCUT2D eigenvalue weighted by atomic mass is 10.1. The molecular formula is C12H14ClN3. The molecule has 0 bridgehead atoms. The lowest BCUT2D eigenvalue weighted by Gasteiger charge is -2.05. The Bertz CT molecular complexity index is 448. The van der Waals surface area contributed by atoms with E-state index in [0.717, 1.165) is 17.9 Å². The summed E-state index contributed by atoms with van der Waals surface area (Å²) in [6, 6.07) is 8.42. The molecule has 0 aliphatic rings. The van der Waals surface area contributed by atoms with Gasteiger partial charge < -0.3 is 0 Å². The molecule has 0 saturated carbocycles. The van der Waals surface area contributed by atoms with E-state index in [0.29, 0.717) is 5.88 Å². The first kappa shape index (κ1) is 11.1. The molecule has 2 aromatic rings. The molecule has 0 radical (unpaired) electrons. The summed E-state index contributed by atoms with van der Waals surface area (Å²) in [7, 11) is 0. The van der Waals surface area contributed by atoms with Crippen LogP contribution in [0.4, 0.5) is 0 Å². The predicted octanol–water partition coefficient (Wildman–Crippen LogP) is 2.96. The summed E-state index contributed by atoms with van der Waals surface area (Å²) in [5, 5.41) is 7.81. The van der Waals surface area contributed by atoms with Crippen molar-refractivity contribution >= 4 is 11.6 Å². The minimum atomic E-state index is 0.372. The fraction of sp³-hybridized carbons (Fsp3) is 0.333. The first-order valence-electron chi connectivity index (χ1n) is 5.39. The van der Waals surface area contributed by atoms with Gasteiger partial charge >= 0.3 is 0 Å². The van der Waals surface area contributed by atoms with Crippen LogP contribution in [0.2, 0.25) is 0 Å². The van der Waals surface area contributed by atoms with Crippen LogP contribution in [-0.4, -0.2) is 14.8 Å². The monoisotopic (exact) mass is 235 g/mol. The Morgan fingerprint density at radius 1 is 1.25 bits per heavy atom. The van der Waals surface area contributed by atoms with Crippen LogP contribution in [0.1, 0.15) is 24.7 Å². The Balaban J connectivity index is 2.27. The average Bonchev–Trinajstić information content (AvgIpc) is 2.78. The van der Waals surface area contributed by atoms with Gasteiger partial charge in [0.15, 0.2) is 5.82 Å². The molecule has 0 saturated heterocycles. The number of hydrogen-bond acceptors (Lipinski definition) is 2. The minimum absolute atomic E-state index is 0.372. The van der Waals surface area contributed by atoms with Crippen LogP contribution in [0.5, 0.6) is 0 Å². The average molecular weight is 236 g/mol. The molecule has 84 valence electrons. The van der Waals surface area contributed by atoms with Crippen LogP contribution in [0.3, 0.4) is 0 Å². The first-order chi connectivity index (χ1) is 7.85. The molecule has 0 spiro atoms. The van der Waals surface area contributed by atoms with E-state index >= 15 is 0 Å². The van der Waals surface area contributed by atoms with Gasteiger partial charge in [0.05, 0.1) is 5.88 Å². The molecule has 0 amide bonds. The molecule has 0 N–H and O–H groups in total. The zero-order chi connectivity index (χ0) is 11.4. The molecule has 0 aliphatic heterocycles. The highest BCUT2D eigenvalue weighted by molar-refractivity contribution is 6.16.